The molecule has 0 aromatic carbocycles. The SMILES string of the molecule is CCCC(O)C(Br)(Br)[N+](=O)[O-]. The van der Waals surface area contributed by atoms with E-state index in [1.54, 1.807) is 0 Å². The van der Waals surface area contributed by atoms with E-state index in [2.05, 4.69) is 31.9 Å². The monoisotopic (exact) mass is 289 g/mol. The van der Waals surface area contributed by atoms with E-state index in [4.69, 9.17) is 0 Å². The van der Waals surface area contributed by atoms with Gasteiger partial charge in [0.15, 0.2) is 0 Å². The lowest BCUT2D eigenvalue weighted by Gasteiger charge is -2.17. The highest BCUT2D eigenvalue weighted by Gasteiger charge is 2.44. The molecular weight excluding hydrogens is 282 g/mol. The maximum atomic E-state index is 10.3. The summed E-state index contributed by atoms with van der Waals surface area (Å²) in [5.41, 5.74) is 0. The number of aliphatic hydroxyl groups is 1. The molecule has 0 aromatic rings. The second kappa shape index (κ2) is 4.37. The number of aliphatic hydroxyl groups excluding tert-OH is 1. The van der Waals surface area contributed by atoms with Crippen LogP contribution >= 0.6 is 31.9 Å². The van der Waals surface area contributed by atoms with Crippen LogP contribution in [0.25, 0.3) is 0 Å². The Labute approximate surface area is 81.4 Å². The number of nitro groups is 1. The largest absolute Gasteiger partial charge is 0.384 e. The van der Waals surface area contributed by atoms with Gasteiger partial charge in [0.1, 0.15) is 6.10 Å². The summed E-state index contributed by atoms with van der Waals surface area (Å²) < 4.78 is -1.59. The van der Waals surface area contributed by atoms with Crippen LogP contribution in [0.5, 0.6) is 0 Å². The van der Waals surface area contributed by atoms with Gasteiger partial charge in [-0.25, -0.2) is 0 Å². The maximum Gasteiger partial charge on any atom is 0.352 e. The van der Waals surface area contributed by atoms with Gasteiger partial charge in [-0.2, -0.15) is 0 Å². The molecule has 0 aliphatic heterocycles. The highest BCUT2D eigenvalue weighted by Crippen LogP contribution is 2.32. The van der Waals surface area contributed by atoms with E-state index in [1.165, 1.54) is 0 Å². The third kappa shape index (κ3) is 3.04. The molecule has 0 saturated carbocycles. The Morgan fingerprint density at radius 1 is 1.73 bits per heavy atom. The zero-order valence-corrected chi connectivity index (χ0v) is 9.13. The lowest BCUT2D eigenvalue weighted by molar-refractivity contribution is -0.515. The van der Waals surface area contributed by atoms with Crippen LogP contribution in [0.1, 0.15) is 19.8 Å². The Morgan fingerprint density at radius 3 is 2.45 bits per heavy atom. The molecule has 1 N–H and O–H groups in total. The van der Waals surface area contributed by atoms with Gasteiger partial charge in [0.2, 0.25) is 0 Å². The predicted octanol–water partition coefficient (Wildman–Crippen LogP) is 1.87. The molecule has 6 heteroatoms. The van der Waals surface area contributed by atoms with Crippen molar-refractivity contribution in [3.05, 3.63) is 10.1 Å². The minimum Gasteiger partial charge on any atom is -0.384 e. The van der Waals surface area contributed by atoms with Crippen molar-refractivity contribution >= 4 is 31.9 Å². The molecule has 0 bridgehead atoms. The van der Waals surface area contributed by atoms with E-state index in [1.807, 2.05) is 6.92 Å². The van der Waals surface area contributed by atoms with Gasteiger partial charge < -0.3 is 5.11 Å². The minimum atomic E-state index is -1.59. The van der Waals surface area contributed by atoms with Crippen molar-refractivity contribution in [1.29, 1.82) is 0 Å². The van der Waals surface area contributed by atoms with Crippen molar-refractivity contribution in [2.24, 2.45) is 0 Å². The number of hydrogen-bond acceptors (Lipinski definition) is 3. The third-order valence-corrected chi connectivity index (χ3v) is 2.84. The van der Waals surface area contributed by atoms with E-state index < -0.39 is 14.4 Å². The molecule has 0 aromatic heterocycles. The van der Waals surface area contributed by atoms with Crippen LogP contribution in [-0.4, -0.2) is 19.5 Å². The molecule has 0 fully saturated rings. The van der Waals surface area contributed by atoms with Crippen LogP contribution in [0.2, 0.25) is 0 Å². The number of alkyl halides is 2. The Kier molecular flexibility index (Phi) is 4.50. The summed E-state index contributed by atoms with van der Waals surface area (Å²) in [4.78, 5) is 9.69. The quantitative estimate of drug-likeness (QED) is 0.372. The molecule has 11 heavy (non-hydrogen) atoms. The lowest BCUT2D eigenvalue weighted by Crippen LogP contribution is -2.37. The van der Waals surface area contributed by atoms with Crippen molar-refractivity contribution in [2.75, 3.05) is 0 Å². The van der Waals surface area contributed by atoms with E-state index in [0.717, 1.165) is 0 Å². The van der Waals surface area contributed by atoms with Gasteiger partial charge in [-0.15, -0.1) is 0 Å². The van der Waals surface area contributed by atoms with Gasteiger partial charge >= 0.3 is 3.36 Å². The van der Waals surface area contributed by atoms with Crippen molar-refractivity contribution in [1.82, 2.24) is 0 Å². The summed E-state index contributed by atoms with van der Waals surface area (Å²) >= 11 is 5.56. The predicted molar refractivity (Wildman–Crippen MR) is 48.5 cm³/mol. The van der Waals surface area contributed by atoms with Gasteiger partial charge in [0, 0.05) is 31.9 Å². The average molecular weight is 291 g/mol. The average Bonchev–Trinajstić information content (AvgIpc) is 1.88. The molecule has 0 amide bonds. The Morgan fingerprint density at radius 2 is 2.18 bits per heavy atom. The van der Waals surface area contributed by atoms with Crippen LogP contribution < -0.4 is 0 Å². The van der Waals surface area contributed by atoms with Gasteiger partial charge in [-0.1, -0.05) is 13.3 Å². The smallest absolute Gasteiger partial charge is 0.352 e. The topological polar surface area (TPSA) is 63.4 Å². The van der Waals surface area contributed by atoms with E-state index in [9.17, 15) is 15.2 Å². The van der Waals surface area contributed by atoms with Gasteiger partial charge in [-0.3, -0.25) is 10.1 Å². The fourth-order valence-corrected chi connectivity index (χ4v) is 1.03. The molecule has 0 spiro atoms. The molecule has 1 atom stereocenters. The van der Waals surface area contributed by atoms with E-state index in [0.29, 0.717) is 12.8 Å². The van der Waals surface area contributed by atoms with E-state index in [-0.39, 0.29) is 0 Å². The summed E-state index contributed by atoms with van der Waals surface area (Å²) in [6.45, 7) is 1.85. The molecule has 0 heterocycles. The number of hydrogen-bond donors (Lipinski definition) is 1. The molecule has 66 valence electrons. The molecule has 0 aliphatic rings. The summed E-state index contributed by atoms with van der Waals surface area (Å²) in [7, 11) is 0. The van der Waals surface area contributed by atoms with E-state index >= 15 is 0 Å². The summed E-state index contributed by atoms with van der Waals surface area (Å²) in [5, 5.41) is 19.5. The van der Waals surface area contributed by atoms with Crippen LogP contribution in [0.15, 0.2) is 0 Å². The molecule has 0 saturated heterocycles. The molecule has 0 aliphatic carbocycles. The second-order valence-corrected chi connectivity index (χ2v) is 5.63. The Balaban J connectivity index is 4.17. The molecule has 0 rings (SSSR count). The zero-order valence-electron chi connectivity index (χ0n) is 5.96. The highest BCUT2D eigenvalue weighted by molar-refractivity contribution is 9.25. The first-order chi connectivity index (χ1) is 4.92. The van der Waals surface area contributed by atoms with Gasteiger partial charge in [0.05, 0.1) is 4.92 Å². The van der Waals surface area contributed by atoms with Gasteiger partial charge in [0.25, 0.3) is 0 Å². The first-order valence-corrected chi connectivity index (χ1v) is 4.71. The summed E-state index contributed by atoms with van der Waals surface area (Å²) in [5.74, 6) is 0. The number of nitrogens with zero attached hydrogens (tertiary/aromatic N) is 1. The van der Waals surface area contributed by atoms with Crippen LogP contribution in [0, 0.1) is 10.1 Å². The van der Waals surface area contributed by atoms with Crippen molar-refractivity contribution < 1.29 is 10.0 Å². The Hall–Kier alpha value is 0.320. The Bertz CT molecular complexity index is 151. The standard InChI is InChI=1S/C5H9Br2NO3/c1-2-3-4(9)5(6,7)8(10)11/h4,9H,2-3H2,1H3. The van der Waals surface area contributed by atoms with Gasteiger partial charge in [-0.05, 0) is 6.42 Å². The zero-order chi connectivity index (χ0) is 9.07. The number of halogens is 2. The molecule has 1 unspecified atom stereocenters. The fourth-order valence-electron chi connectivity index (χ4n) is 0.569. The molecule has 4 nitrogen and oxygen atoms in total. The molecular formula is C5H9Br2NO3. The first kappa shape index (κ1) is 11.3. The molecule has 0 radical (unpaired) electrons. The van der Waals surface area contributed by atoms with Crippen molar-refractivity contribution in [3.8, 4) is 0 Å². The second-order valence-electron chi connectivity index (χ2n) is 2.15. The third-order valence-electron chi connectivity index (χ3n) is 1.21. The van der Waals surface area contributed by atoms with Crippen LogP contribution in [0.4, 0.5) is 0 Å². The lowest BCUT2D eigenvalue weighted by atomic mass is 10.2. The van der Waals surface area contributed by atoms with Crippen molar-refractivity contribution in [3.63, 3.8) is 0 Å². The van der Waals surface area contributed by atoms with Crippen LogP contribution in [0.3, 0.4) is 0 Å². The first-order valence-electron chi connectivity index (χ1n) is 3.13. The highest BCUT2D eigenvalue weighted by atomic mass is 79.9. The maximum absolute atomic E-state index is 10.3. The fraction of sp³-hybridized carbons (Fsp3) is 1.00. The summed E-state index contributed by atoms with van der Waals surface area (Å²) in [6.07, 6.45) is 0.0772. The number of rotatable bonds is 4. The summed E-state index contributed by atoms with van der Waals surface area (Å²) in [6, 6.07) is 0. The minimum absolute atomic E-state index is 0.386. The van der Waals surface area contributed by atoms with Crippen molar-refractivity contribution in [2.45, 2.75) is 29.2 Å². The normalized spacial score (nSPS) is 14.5. The van der Waals surface area contributed by atoms with Crippen LogP contribution in [-0.2, 0) is 0 Å².